The van der Waals surface area contributed by atoms with Gasteiger partial charge in [-0.1, -0.05) is 18.2 Å². The van der Waals surface area contributed by atoms with Gasteiger partial charge in [-0.2, -0.15) is 0 Å². The number of nitrogens with one attached hydrogen (secondary N) is 1. The van der Waals surface area contributed by atoms with Crippen LogP contribution < -0.4 is 5.32 Å². The molecule has 0 aliphatic carbocycles. The second-order valence-electron chi connectivity index (χ2n) is 4.74. The first kappa shape index (κ1) is 14.2. The van der Waals surface area contributed by atoms with Crippen molar-refractivity contribution in [3.63, 3.8) is 0 Å². The lowest BCUT2D eigenvalue weighted by molar-refractivity contribution is 0.0995. The number of amides is 1. The van der Waals surface area contributed by atoms with Gasteiger partial charge in [0.25, 0.3) is 5.91 Å². The highest BCUT2D eigenvalue weighted by Gasteiger charge is 2.14. The molecule has 0 spiro atoms. The number of hydrogen-bond acceptors (Lipinski definition) is 5. The summed E-state index contributed by atoms with van der Waals surface area (Å²) in [6.45, 7) is 0. The van der Waals surface area contributed by atoms with Crippen molar-refractivity contribution in [1.82, 2.24) is 4.98 Å². The molecule has 4 aromatic rings. The molecule has 1 amide bonds. The Kier molecular flexibility index (Phi) is 3.51. The van der Waals surface area contributed by atoms with Gasteiger partial charge in [-0.15, -0.1) is 11.3 Å². The molecule has 23 heavy (non-hydrogen) atoms. The molecule has 0 fully saturated rings. The van der Waals surface area contributed by atoms with Gasteiger partial charge in [0.2, 0.25) is 0 Å². The number of halogens is 1. The van der Waals surface area contributed by atoms with E-state index in [0.29, 0.717) is 21.3 Å². The Morgan fingerprint density at radius 1 is 1.17 bits per heavy atom. The maximum Gasteiger partial charge on any atom is 0.293 e. The summed E-state index contributed by atoms with van der Waals surface area (Å²) in [6, 6.07) is 12.9. The van der Waals surface area contributed by atoms with Crippen LogP contribution in [0.15, 0.2) is 61.3 Å². The SMILES string of the molecule is O=C(Nc1nc(-c2cc3ccccc3o2)cs1)c1ccc(Br)o1. The average molecular weight is 389 g/mol. The molecule has 1 aromatic carbocycles. The van der Waals surface area contributed by atoms with E-state index in [1.54, 1.807) is 12.1 Å². The van der Waals surface area contributed by atoms with E-state index in [2.05, 4.69) is 26.2 Å². The second kappa shape index (κ2) is 5.68. The molecule has 3 aromatic heterocycles. The third kappa shape index (κ3) is 2.80. The lowest BCUT2D eigenvalue weighted by Gasteiger charge is -1.97. The molecule has 114 valence electrons. The monoisotopic (exact) mass is 388 g/mol. The summed E-state index contributed by atoms with van der Waals surface area (Å²) < 4.78 is 11.5. The highest BCUT2D eigenvalue weighted by Crippen LogP contribution is 2.30. The summed E-state index contributed by atoms with van der Waals surface area (Å²) >= 11 is 4.49. The minimum atomic E-state index is -0.346. The fraction of sp³-hybridized carbons (Fsp3) is 0. The van der Waals surface area contributed by atoms with Crippen LogP contribution >= 0.6 is 27.3 Å². The van der Waals surface area contributed by atoms with E-state index in [9.17, 15) is 4.79 Å². The van der Waals surface area contributed by atoms with Crippen molar-refractivity contribution >= 4 is 49.3 Å². The van der Waals surface area contributed by atoms with Crippen molar-refractivity contribution in [3.8, 4) is 11.5 Å². The van der Waals surface area contributed by atoms with Crippen molar-refractivity contribution in [1.29, 1.82) is 0 Å². The Bertz CT molecular complexity index is 969. The van der Waals surface area contributed by atoms with Crippen LogP contribution in [0.1, 0.15) is 10.6 Å². The molecule has 0 aliphatic rings. The van der Waals surface area contributed by atoms with Crippen molar-refractivity contribution in [2.75, 3.05) is 5.32 Å². The first-order valence-corrected chi connectivity index (χ1v) is 8.37. The molecule has 1 N–H and O–H groups in total. The van der Waals surface area contributed by atoms with Crippen LogP contribution in [0.4, 0.5) is 5.13 Å². The number of para-hydroxylation sites is 1. The standard InChI is InChI=1S/C16H9BrN2O3S/c17-14-6-5-12(22-14)15(20)19-16-18-10(8-23-16)13-7-9-3-1-2-4-11(9)21-13/h1-8H,(H,18,19,20). The summed E-state index contributed by atoms with van der Waals surface area (Å²) in [7, 11) is 0. The van der Waals surface area contributed by atoms with E-state index in [-0.39, 0.29) is 11.7 Å². The van der Waals surface area contributed by atoms with E-state index in [1.165, 1.54) is 11.3 Å². The van der Waals surface area contributed by atoms with Gasteiger partial charge >= 0.3 is 0 Å². The van der Waals surface area contributed by atoms with Crippen LogP contribution in [0.3, 0.4) is 0 Å². The van der Waals surface area contributed by atoms with Gasteiger partial charge in [-0.25, -0.2) is 4.98 Å². The minimum absolute atomic E-state index is 0.220. The van der Waals surface area contributed by atoms with Crippen molar-refractivity contribution in [3.05, 3.63) is 58.3 Å². The number of hydrogen-bond donors (Lipinski definition) is 1. The number of carbonyl (C=O) groups excluding carboxylic acids is 1. The van der Waals surface area contributed by atoms with Crippen molar-refractivity contribution < 1.29 is 13.6 Å². The molecule has 0 bridgehead atoms. The summed E-state index contributed by atoms with van der Waals surface area (Å²) in [4.78, 5) is 16.4. The normalized spacial score (nSPS) is 11.0. The fourth-order valence-corrected chi connectivity index (χ4v) is 3.15. The Morgan fingerprint density at radius 3 is 2.83 bits per heavy atom. The van der Waals surface area contributed by atoms with Crippen LogP contribution in [-0.4, -0.2) is 10.9 Å². The molecular formula is C16H9BrN2O3S. The third-order valence-corrected chi connectivity index (χ3v) is 4.38. The minimum Gasteiger partial charge on any atom is -0.454 e. The van der Waals surface area contributed by atoms with Crippen LogP contribution in [0.2, 0.25) is 0 Å². The maximum atomic E-state index is 12.0. The lowest BCUT2D eigenvalue weighted by Crippen LogP contribution is -2.10. The predicted octanol–water partition coefficient (Wildman–Crippen LogP) is 5.16. The van der Waals surface area contributed by atoms with Crippen LogP contribution in [-0.2, 0) is 0 Å². The maximum absolute atomic E-state index is 12.0. The van der Waals surface area contributed by atoms with E-state index in [4.69, 9.17) is 8.83 Å². The zero-order chi connectivity index (χ0) is 15.8. The number of furan rings is 2. The highest BCUT2D eigenvalue weighted by molar-refractivity contribution is 9.10. The number of aromatic nitrogens is 1. The van der Waals surface area contributed by atoms with E-state index in [0.717, 1.165) is 11.0 Å². The number of anilines is 1. The lowest BCUT2D eigenvalue weighted by atomic mass is 10.2. The van der Waals surface area contributed by atoms with Gasteiger partial charge < -0.3 is 8.83 Å². The van der Waals surface area contributed by atoms with Gasteiger partial charge in [0.05, 0.1) is 0 Å². The second-order valence-corrected chi connectivity index (χ2v) is 6.38. The van der Waals surface area contributed by atoms with Crippen LogP contribution in [0.5, 0.6) is 0 Å². The average Bonchev–Trinajstić information content (AvgIpc) is 3.25. The van der Waals surface area contributed by atoms with Gasteiger partial charge in [-0.3, -0.25) is 10.1 Å². The van der Waals surface area contributed by atoms with E-state index >= 15 is 0 Å². The molecule has 0 saturated carbocycles. The number of thiazole rings is 1. The number of fused-ring (bicyclic) bond motifs is 1. The summed E-state index contributed by atoms with van der Waals surface area (Å²) in [5, 5.41) is 6.05. The summed E-state index contributed by atoms with van der Waals surface area (Å²) in [5.41, 5.74) is 1.49. The molecule has 0 unspecified atom stereocenters. The van der Waals surface area contributed by atoms with Crippen molar-refractivity contribution in [2.24, 2.45) is 0 Å². The third-order valence-electron chi connectivity index (χ3n) is 3.20. The number of benzene rings is 1. The van der Waals surface area contributed by atoms with Gasteiger partial charge in [-0.05, 0) is 40.2 Å². The molecule has 3 heterocycles. The highest BCUT2D eigenvalue weighted by atomic mass is 79.9. The van der Waals surface area contributed by atoms with Gasteiger partial charge in [0.15, 0.2) is 21.3 Å². The molecule has 0 radical (unpaired) electrons. The zero-order valence-electron chi connectivity index (χ0n) is 11.6. The zero-order valence-corrected chi connectivity index (χ0v) is 14.0. The number of rotatable bonds is 3. The van der Waals surface area contributed by atoms with Gasteiger partial charge in [0, 0.05) is 10.8 Å². The molecular weight excluding hydrogens is 380 g/mol. The topological polar surface area (TPSA) is 68.3 Å². The van der Waals surface area contributed by atoms with E-state index < -0.39 is 0 Å². The first-order valence-electron chi connectivity index (χ1n) is 6.70. The molecule has 7 heteroatoms. The molecule has 4 rings (SSSR count). The summed E-state index contributed by atoms with van der Waals surface area (Å²) in [5.74, 6) is 0.544. The molecule has 0 atom stereocenters. The number of carbonyl (C=O) groups is 1. The predicted molar refractivity (Wildman–Crippen MR) is 91.7 cm³/mol. The molecule has 0 saturated heterocycles. The van der Waals surface area contributed by atoms with Crippen LogP contribution in [0, 0.1) is 0 Å². The van der Waals surface area contributed by atoms with Crippen molar-refractivity contribution in [2.45, 2.75) is 0 Å². The number of nitrogens with zero attached hydrogens (tertiary/aromatic N) is 1. The largest absolute Gasteiger partial charge is 0.454 e. The van der Waals surface area contributed by atoms with Crippen LogP contribution in [0.25, 0.3) is 22.4 Å². The molecule has 0 aliphatic heterocycles. The first-order chi connectivity index (χ1) is 11.2. The van der Waals surface area contributed by atoms with Gasteiger partial charge in [0.1, 0.15) is 11.3 Å². The summed E-state index contributed by atoms with van der Waals surface area (Å²) in [6.07, 6.45) is 0. The Hall–Kier alpha value is -2.38. The Labute approximate surface area is 143 Å². The van der Waals surface area contributed by atoms with E-state index in [1.807, 2.05) is 35.7 Å². The quantitative estimate of drug-likeness (QED) is 0.525. The Morgan fingerprint density at radius 2 is 2.04 bits per heavy atom. The fourth-order valence-electron chi connectivity index (χ4n) is 2.15. The Balaban J connectivity index is 1.57. The smallest absolute Gasteiger partial charge is 0.293 e. The molecule has 5 nitrogen and oxygen atoms in total.